The van der Waals surface area contributed by atoms with Crippen LogP contribution in [0.5, 0.6) is 0 Å². The number of hydrogen-bond donors (Lipinski definition) is 0. The number of Topliss-reactive ketones (excluding diaryl/α,β-unsaturated/α-hetero) is 1. The van der Waals surface area contributed by atoms with Gasteiger partial charge in [0.05, 0.1) is 6.61 Å². The smallest absolute Gasteiger partial charge is 0.460 e. The van der Waals surface area contributed by atoms with Gasteiger partial charge in [0.1, 0.15) is 12.2 Å². The first-order valence-electron chi connectivity index (χ1n) is 7.73. The number of rotatable bonds is 11. The fourth-order valence-electron chi connectivity index (χ4n) is 1.93. The first-order valence-corrected chi connectivity index (χ1v) is 7.73. The summed E-state index contributed by atoms with van der Waals surface area (Å²) in [5.41, 5.74) is 0. The molecule has 0 fully saturated rings. The molecule has 0 saturated heterocycles. The first-order chi connectivity index (χ1) is 13.1. The minimum atomic E-state index is -7.95. The minimum Gasteiger partial charge on any atom is -0.466 e. The molecule has 0 amide bonds. The van der Waals surface area contributed by atoms with Gasteiger partial charge in [0.15, 0.2) is 0 Å². The van der Waals surface area contributed by atoms with Crippen LogP contribution in [0.1, 0.15) is 32.6 Å². The highest BCUT2D eigenvalue weighted by molar-refractivity contribution is 5.95. The number of ether oxygens (including phenoxy) is 1. The molecule has 0 rings (SSSR count). The topological polar surface area (TPSA) is 43.4 Å². The zero-order chi connectivity index (χ0) is 24.4. The SMILES string of the molecule is CCOC(=O)CC(=O)CCCC(F)(F)C(F)(F)C(F)(F)C(F)(F)C(F)(F)C(F)(F)F. The maximum atomic E-state index is 13.5. The van der Waals surface area contributed by atoms with E-state index in [1.54, 1.807) is 0 Å². The van der Waals surface area contributed by atoms with E-state index in [9.17, 15) is 66.7 Å². The van der Waals surface area contributed by atoms with Crippen LogP contribution in [0.3, 0.4) is 0 Å². The molecule has 0 aliphatic carbocycles. The Morgan fingerprint density at radius 1 is 0.700 bits per heavy atom. The van der Waals surface area contributed by atoms with Crippen LogP contribution >= 0.6 is 0 Å². The first kappa shape index (κ1) is 28.2. The molecule has 0 heterocycles. The molecule has 16 heteroatoms. The summed E-state index contributed by atoms with van der Waals surface area (Å²) >= 11 is 0. The lowest BCUT2D eigenvalue weighted by molar-refractivity contribution is -0.440. The number of carbonyl (C=O) groups excluding carboxylic acids is 2. The summed E-state index contributed by atoms with van der Waals surface area (Å²) < 4.78 is 172. The molecule has 0 N–H and O–H groups in total. The molecule has 0 atom stereocenters. The van der Waals surface area contributed by atoms with Crippen LogP contribution < -0.4 is 0 Å². The second-order valence-corrected chi connectivity index (χ2v) is 5.87. The van der Waals surface area contributed by atoms with E-state index in [1.165, 1.54) is 6.92 Å². The predicted octanol–water partition coefficient (Wildman–Crippen LogP) is 5.42. The lowest BCUT2D eigenvalue weighted by Crippen LogP contribution is -2.70. The molecule has 0 aromatic heterocycles. The molecule has 3 nitrogen and oxygen atoms in total. The third-order valence-corrected chi connectivity index (χ3v) is 3.59. The van der Waals surface area contributed by atoms with E-state index < -0.39 is 73.2 Å². The molecule has 0 aromatic rings. The quantitative estimate of drug-likeness (QED) is 0.227. The summed E-state index contributed by atoms with van der Waals surface area (Å²) in [6.07, 6.45) is -13.5. The Balaban J connectivity index is 5.51. The molecular weight excluding hydrogens is 463 g/mol. The van der Waals surface area contributed by atoms with Gasteiger partial charge >= 0.3 is 41.8 Å². The molecule has 0 aliphatic heterocycles. The van der Waals surface area contributed by atoms with Crippen LogP contribution in [-0.2, 0) is 14.3 Å². The summed E-state index contributed by atoms with van der Waals surface area (Å²) in [6, 6.07) is 0. The summed E-state index contributed by atoms with van der Waals surface area (Å²) in [5, 5.41) is 0. The van der Waals surface area contributed by atoms with Crippen LogP contribution in [0.4, 0.5) is 57.1 Å². The zero-order valence-corrected chi connectivity index (χ0v) is 14.7. The minimum absolute atomic E-state index is 0.192. The summed E-state index contributed by atoms with van der Waals surface area (Å²) in [5.74, 6) is -39.5. The van der Waals surface area contributed by atoms with Crippen molar-refractivity contribution in [3.8, 4) is 0 Å². The van der Waals surface area contributed by atoms with Crippen molar-refractivity contribution in [2.24, 2.45) is 0 Å². The van der Waals surface area contributed by atoms with E-state index >= 15 is 0 Å². The fraction of sp³-hybridized carbons (Fsp3) is 0.857. The fourth-order valence-corrected chi connectivity index (χ4v) is 1.93. The third kappa shape index (κ3) is 5.10. The molecule has 0 aliphatic rings. The summed E-state index contributed by atoms with van der Waals surface area (Å²) in [4.78, 5) is 22.2. The van der Waals surface area contributed by atoms with E-state index in [0.717, 1.165) is 0 Å². The number of alkyl halides is 13. The van der Waals surface area contributed by atoms with Crippen LogP contribution in [-0.4, -0.2) is 54.1 Å². The van der Waals surface area contributed by atoms with Gasteiger partial charge in [-0.25, -0.2) is 0 Å². The van der Waals surface area contributed by atoms with Crippen molar-refractivity contribution in [1.82, 2.24) is 0 Å². The van der Waals surface area contributed by atoms with Crippen molar-refractivity contribution >= 4 is 11.8 Å². The second-order valence-electron chi connectivity index (χ2n) is 5.87. The predicted molar refractivity (Wildman–Crippen MR) is 70.9 cm³/mol. The lowest BCUT2D eigenvalue weighted by Gasteiger charge is -2.39. The summed E-state index contributed by atoms with van der Waals surface area (Å²) in [6.45, 7) is 1.13. The maximum Gasteiger partial charge on any atom is 0.460 e. The van der Waals surface area contributed by atoms with E-state index in [0.29, 0.717) is 0 Å². The van der Waals surface area contributed by atoms with Gasteiger partial charge < -0.3 is 4.74 Å². The normalized spacial score (nSPS) is 14.6. The molecule has 0 bridgehead atoms. The van der Waals surface area contributed by atoms with Gasteiger partial charge in [-0.2, -0.15) is 57.1 Å². The highest BCUT2D eigenvalue weighted by atomic mass is 19.4. The number of carbonyl (C=O) groups is 2. The average molecular weight is 476 g/mol. The van der Waals surface area contributed by atoms with Crippen molar-refractivity contribution in [3.05, 3.63) is 0 Å². The summed E-state index contributed by atoms with van der Waals surface area (Å²) in [7, 11) is 0. The van der Waals surface area contributed by atoms with Gasteiger partial charge in [-0.1, -0.05) is 0 Å². The van der Waals surface area contributed by atoms with Gasteiger partial charge in [0.25, 0.3) is 0 Å². The van der Waals surface area contributed by atoms with Gasteiger partial charge in [-0.3, -0.25) is 9.59 Å². The Bertz CT molecular complexity index is 625. The van der Waals surface area contributed by atoms with E-state index in [4.69, 9.17) is 0 Å². The van der Waals surface area contributed by atoms with E-state index in [1.807, 2.05) is 0 Å². The molecule has 178 valence electrons. The molecular formula is C14H13F13O3. The van der Waals surface area contributed by atoms with Gasteiger partial charge in [0, 0.05) is 12.8 Å². The second kappa shape index (κ2) is 8.77. The highest BCUT2D eigenvalue weighted by Gasteiger charge is 2.90. The van der Waals surface area contributed by atoms with E-state index in [-0.39, 0.29) is 6.61 Å². The van der Waals surface area contributed by atoms with Gasteiger partial charge in [0.2, 0.25) is 0 Å². The van der Waals surface area contributed by atoms with Crippen molar-refractivity contribution in [3.63, 3.8) is 0 Å². The average Bonchev–Trinajstić information content (AvgIpc) is 2.52. The molecule has 0 unspecified atom stereocenters. The maximum absolute atomic E-state index is 13.5. The highest BCUT2D eigenvalue weighted by Crippen LogP contribution is 2.60. The van der Waals surface area contributed by atoms with E-state index in [2.05, 4.69) is 4.74 Å². The van der Waals surface area contributed by atoms with Crippen molar-refractivity contribution in [2.45, 2.75) is 68.4 Å². The Kier molecular flexibility index (Phi) is 8.25. The van der Waals surface area contributed by atoms with Crippen LogP contribution in [0, 0.1) is 0 Å². The number of hydrogen-bond acceptors (Lipinski definition) is 3. The molecule has 0 saturated carbocycles. The molecule has 30 heavy (non-hydrogen) atoms. The molecule has 0 aromatic carbocycles. The lowest BCUT2D eigenvalue weighted by atomic mass is 9.91. The van der Waals surface area contributed by atoms with Gasteiger partial charge in [-0.05, 0) is 13.3 Å². The zero-order valence-electron chi connectivity index (χ0n) is 14.7. The molecule has 0 spiro atoms. The third-order valence-electron chi connectivity index (χ3n) is 3.59. The Morgan fingerprint density at radius 3 is 1.53 bits per heavy atom. The standard InChI is InChI=1S/C14H13F13O3/c1-2-30-8(29)6-7(28)4-3-5-9(15,16)10(17,18)11(19,20)12(21,22)13(23,24)14(25,26)27/h2-6H2,1H3. The Morgan fingerprint density at radius 2 is 1.13 bits per heavy atom. The Hall–Kier alpha value is -1.77. The monoisotopic (exact) mass is 476 g/mol. The number of halogens is 13. The van der Waals surface area contributed by atoms with Crippen molar-refractivity contribution in [2.75, 3.05) is 6.61 Å². The van der Waals surface area contributed by atoms with Crippen molar-refractivity contribution in [1.29, 1.82) is 0 Å². The van der Waals surface area contributed by atoms with Crippen molar-refractivity contribution < 1.29 is 71.4 Å². The van der Waals surface area contributed by atoms with Crippen LogP contribution in [0.2, 0.25) is 0 Å². The van der Waals surface area contributed by atoms with Gasteiger partial charge in [-0.15, -0.1) is 0 Å². The number of esters is 1. The van der Waals surface area contributed by atoms with Crippen LogP contribution in [0.15, 0.2) is 0 Å². The van der Waals surface area contributed by atoms with Crippen LogP contribution in [0.25, 0.3) is 0 Å². The largest absolute Gasteiger partial charge is 0.466 e. The Labute approximate surface area is 159 Å². The molecule has 0 radical (unpaired) electrons. The number of ketones is 1.